The average Bonchev–Trinajstić information content (AvgIpc) is 3.18. The Morgan fingerprint density at radius 1 is 1.38 bits per heavy atom. The van der Waals surface area contributed by atoms with Gasteiger partial charge in [-0.1, -0.05) is 12.1 Å². The van der Waals surface area contributed by atoms with Crippen LogP contribution >= 0.6 is 36.2 Å². The van der Waals surface area contributed by atoms with Crippen molar-refractivity contribution >= 4 is 52.3 Å². The van der Waals surface area contributed by atoms with E-state index in [2.05, 4.69) is 4.98 Å². The zero-order valence-electron chi connectivity index (χ0n) is 13.3. The zero-order valence-corrected chi connectivity index (χ0v) is 15.7. The number of hydrogen-bond donors (Lipinski definition) is 1. The fourth-order valence-electron chi connectivity index (χ4n) is 2.21. The molecule has 0 spiro atoms. The number of nitrogens with zero attached hydrogens (tertiary/aromatic N) is 2. The van der Waals surface area contributed by atoms with Gasteiger partial charge in [-0.15, -0.1) is 36.2 Å². The van der Waals surface area contributed by atoms with Crippen molar-refractivity contribution in [2.45, 2.75) is 19.5 Å². The van der Waals surface area contributed by atoms with E-state index < -0.39 is 0 Å². The highest BCUT2D eigenvalue weighted by molar-refractivity contribution is 7.18. The molecule has 1 unspecified atom stereocenters. The first-order valence-corrected chi connectivity index (χ1v) is 7.82. The summed E-state index contributed by atoms with van der Waals surface area (Å²) in [4.78, 5) is 18.8. The van der Waals surface area contributed by atoms with Gasteiger partial charge in [-0.25, -0.2) is 4.98 Å². The molecule has 0 radical (unpaired) electrons. The van der Waals surface area contributed by atoms with Crippen molar-refractivity contribution in [2.24, 2.45) is 5.73 Å². The molecule has 130 valence electrons. The highest BCUT2D eigenvalue weighted by Gasteiger charge is 2.23. The molecule has 0 aliphatic heterocycles. The van der Waals surface area contributed by atoms with Crippen molar-refractivity contribution in [2.75, 3.05) is 7.05 Å². The summed E-state index contributed by atoms with van der Waals surface area (Å²) in [7, 11) is 1.77. The molecule has 0 fully saturated rings. The van der Waals surface area contributed by atoms with Crippen molar-refractivity contribution in [3.8, 4) is 0 Å². The summed E-state index contributed by atoms with van der Waals surface area (Å²) >= 11 is 1.61. The Morgan fingerprint density at radius 2 is 2.08 bits per heavy atom. The Bertz CT molecular complexity index is 785. The van der Waals surface area contributed by atoms with Crippen LogP contribution in [0.1, 0.15) is 34.1 Å². The predicted octanol–water partition coefficient (Wildman–Crippen LogP) is 4.02. The van der Waals surface area contributed by atoms with Gasteiger partial charge in [0.15, 0.2) is 0 Å². The largest absolute Gasteiger partial charge is 0.467 e. The Labute approximate surface area is 156 Å². The van der Waals surface area contributed by atoms with Gasteiger partial charge in [-0.05, 0) is 25.1 Å². The number of aromatic nitrogens is 1. The molecular formula is C16H19Cl2N3O2S. The number of carbonyl (C=O) groups excluding carboxylic acids is 1. The second kappa shape index (κ2) is 8.48. The lowest BCUT2D eigenvalue weighted by atomic mass is 10.2. The summed E-state index contributed by atoms with van der Waals surface area (Å²) < 4.78 is 6.36. The minimum Gasteiger partial charge on any atom is -0.467 e. The van der Waals surface area contributed by atoms with Gasteiger partial charge in [0.25, 0.3) is 5.91 Å². The molecule has 0 saturated heterocycles. The molecule has 1 aromatic carbocycles. The molecule has 3 aromatic rings. The number of furan rings is 1. The van der Waals surface area contributed by atoms with Crippen LogP contribution in [0.4, 0.5) is 0 Å². The molecule has 0 aliphatic rings. The van der Waals surface area contributed by atoms with Crippen LogP contribution in [0.5, 0.6) is 0 Å². The van der Waals surface area contributed by atoms with E-state index >= 15 is 0 Å². The van der Waals surface area contributed by atoms with Crippen molar-refractivity contribution in [3.05, 3.63) is 52.9 Å². The van der Waals surface area contributed by atoms with Crippen LogP contribution in [0.2, 0.25) is 0 Å². The van der Waals surface area contributed by atoms with E-state index in [0.717, 1.165) is 15.2 Å². The molecule has 5 nitrogen and oxygen atoms in total. The van der Waals surface area contributed by atoms with E-state index in [1.54, 1.807) is 29.4 Å². The first-order chi connectivity index (χ1) is 10.6. The van der Waals surface area contributed by atoms with Gasteiger partial charge >= 0.3 is 0 Å². The highest BCUT2D eigenvalue weighted by atomic mass is 35.5. The van der Waals surface area contributed by atoms with Crippen LogP contribution in [0.25, 0.3) is 10.2 Å². The number of rotatable bonds is 4. The number of thiazole rings is 1. The van der Waals surface area contributed by atoms with Crippen LogP contribution < -0.4 is 5.73 Å². The van der Waals surface area contributed by atoms with Crippen LogP contribution in [0.3, 0.4) is 0 Å². The summed E-state index contributed by atoms with van der Waals surface area (Å²) in [6, 6.07) is 9.54. The molecule has 0 aliphatic carbocycles. The Kier molecular flexibility index (Phi) is 7.23. The van der Waals surface area contributed by atoms with Gasteiger partial charge < -0.3 is 15.1 Å². The monoisotopic (exact) mass is 387 g/mol. The van der Waals surface area contributed by atoms with Crippen molar-refractivity contribution < 1.29 is 9.21 Å². The Balaban J connectivity index is 0.00000144. The number of para-hydroxylation sites is 1. The molecule has 0 saturated carbocycles. The molecule has 0 bridgehead atoms. The molecule has 24 heavy (non-hydrogen) atoms. The van der Waals surface area contributed by atoms with Crippen molar-refractivity contribution in [3.63, 3.8) is 0 Å². The third-order valence-corrected chi connectivity index (χ3v) is 4.88. The molecule has 1 amide bonds. The van der Waals surface area contributed by atoms with Gasteiger partial charge in [-0.3, -0.25) is 4.79 Å². The molecule has 8 heteroatoms. The zero-order chi connectivity index (χ0) is 15.7. The van der Waals surface area contributed by atoms with Gasteiger partial charge in [0, 0.05) is 7.05 Å². The molecule has 2 heterocycles. The first-order valence-electron chi connectivity index (χ1n) is 7.00. The van der Waals surface area contributed by atoms with E-state index in [1.165, 1.54) is 6.26 Å². The number of benzene rings is 1. The van der Waals surface area contributed by atoms with E-state index in [9.17, 15) is 4.79 Å². The van der Waals surface area contributed by atoms with Gasteiger partial charge in [0.2, 0.25) is 0 Å². The Hall–Kier alpha value is -1.60. The third kappa shape index (κ3) is 3.89. The number of hydrogen-bond acceptors (Lipinski definition) is 5. The molecule has 2 aromatic heterocycles. The lowest BCUT2D eigenvalue weighted by Gasteiger charge is -2.22. The molecular weight excluding hydrogens is 369 g/mol. The second-order valence-corrected chi connectivity index (χ2v) is 6.18. The normalized spacial score (nSPS) is 11.5. The number of carbonyl (C=O) groups is 1. The lowest BCUT2D eigenvalue weighted by molar-refractivity contribution is 0.0742. The standard InChI is InChI=1S/C16H17N3O2S.2ClH/c1-10(15-18-13-5-3-4-6-14(13)22-15)19(2)16(20)11-7-12(8-17)21-9-11;;/h3-7,9-10H,8,17H2,1-2H3;2*1H. The summed E-state index contributed by atoms with van der Waals surface area (Å²) in [6.45, 7) is 2.25. The first kappa shape index (κ1) is 20.4. The van der Waals surface area contributed by atoms with Gasteiger partial charge in [0.05, 0.1) is 28.4 Å². The lowest BCUT2D eigenvalue weighted by Crippen LogP contribution is -2.29. The van der Waals surface area contributed by atoms with E-state index in [4.69, 9.17) is 10.2 Å². The minimum absolute atomic E-state index is 0. The highest BCUT2D eigenvalue weighted by Crippen LogP contribution is 2.29. The van der Waals surface area contributed by atoms with Crippen LogP contribution in [0.15, 0.2) is 41.0 Å². The summed E-state index contributed by atoms with van der Waals surface area (Å²) in [6.07, 6.45) is 1.45. The molecule has 2 N–H and O–H groups in total. The molecule has 1 atom stereocenters. The smallest absolute Gasteiger partial charge is 0.257 e. The van der Waals surface area contributed by atoms with E-state index in [0.29, 0.717) is 11.3 Å². The quantitative estimate of drug-likeness (QED) is 0.733. The summed E-state index contributed by atoms with van der Waals surface area (Å²) in [5.41, 5.74) is 6.98. The number of amides is 1. The maximum atomic E-state index is 12.5. The van der Waals surface area contributed by atoms with Gasteiger partial charge in [-0.2, -0.15) is 0 Å². The van der Waals surface area contributed by atoms with Gasteiger partial charge in [0.1, 0.15) is 17.0 Å². The molecule has 3 rings (SSSR count). The Morgan fingerprint density at radius 3 is 2.71 bits per heavy atom. The van der Waals surface area contributed by atoms with Crippen molar-refractivity contribution in [1.82, 2.24) is 9.88 Å². The van der Waals surface area contributed by atoms with Crippen LogP contribution in [-0.4, -0.2) is 22.8 Å². The minimum atomic E-state index is -0.110. The topological polar surface area (TPSA) is 72.4 Å². The third-order valence-electron chi connectivity index (χ3n) is 3.67. The maximum absolute atomic E-state index is 12.5. The number of nitrogens with two attached hydrogens (primary N) is 1. The number of halogens is 2. The predicted molar refractivity (Wildman–Crippen MR) is 101 cm³/mol. The van der Waals surface area contributed by atoms with Crippen LogP contribution in [0, 0.1) is 0 Å². The SMILES string of the molecule is CC(c1nc2ccccc2s1)N(C)C(=O)c1coc(CN)c1.Cl.Cl. The average molecular weight is 388 g/mol. The van der Waals surface area contributed by atoms with E-state index in [1.807, 2.05) is 31.2 Å². The second-order valence-electron chi connectivity index (χ2n) is 5.12. The number of fused-ring (bicyclic) bond motifs is 1. The summed E-state index contributed by atoms with van der Waals surface area (Å²) in [5.74, 6) is 0.500. The van der Waals surface area contributed by atoms with E-state index in [-0.39, 0.29) is 43.3 Å². The van der Waals surface area contributed by atoms with Crippen LogP contribution in [-0.2, 0) is 6.54 Å². The van der Waals surface area contributed by atoms with Crippen molar-refractivity contribution in [1.29, 1.82) is 0 Å². The fraction of sp³-hybridized carbons (Fsp3) is 0.250. The fourth-order valence-corrected chi connectivity index (χ4v) is 3.28. The maximum Gasteiger partial charge on any atom is 0.257 e. The summed E-state index contributed by atoms with van der Waals surface area (Å²) in [5, 5.41) is 0.916.